The Labute approximate surface area is 174 Å². The second kappa shape index (κ2) is 8.91. The van der Waals surface area contributed by atoms with Gasteiger partial charge in [-0.25, -0.2) is 0 Å². The molecule has 0 bridgehead atoms. The van der Waals surface area contributed by atoms with E-state index in [0.717, 1.165) is 22.0 Å². The summed E-state index contributed by atoms with van der Waals surface area (Å²) in [7, 11) is 3.88. The summed E-state index contributed by atoms with van der Waals surface area (Å²) in [5.74, 6) is -1.37. The molecule has 3 aromatic rings. The van der Waals surface area contributed by atoms with E-state index < -0.39 is 11.8 Å². The number of carbonyl (C=O) groups excluding carboxylic acids is 2. The number of hydrogen-bond donors (Lipinski definition) is 2. The summed E-state index contributed by atoms with van der Waals surface area (Å²) >= 11 is 1.59. The van der Waals surface area contributed by atoms with Crippen molar-refractivity contribution in [2.45, 2.75) is 19.9 Å². The van der Waals surface area contributed by atoms with Gasteiger partial charge in [-0.3, -0.25) is 14.3 Å². The maximum Gasteiger partial charge on any atom is 0.313 e. The fourth-order valence-electron chi connectivity index (χ4n) is 3.05. The van der Waals surface area contributed by atoms with E-state index in [1.807, 2.05) is 73.2 Å². The zero-order valence-corrected chi connectivity index (χ0v) is 17.8. The Kier molecular flexibility index (Phi) is 6.33. The lowest BCUT2D eigenvalue weighted by molar-refractivity contribution is -0.136. The molecule has 29 heavy (non-hydrogen) atoms. The Morgan fingerprint density at radius 1 is 1.14 bits per heavy atom. The topological polar surface area (TPSA) is 79.3 Å². The Hall–Kier alpha value is -3.13. The van der Waals surface area contributed by atoms with Gasteiger partial charge in [-0.15, -0.1) is 11.3 Å². The Morgan fingerprint density at radius 3 is 2.41 bits per heavy atom. The molecule has 2 aromatic heterocycles. The number of nitrogens with one attached hydrogen (secondary N) is 2. The Morgan fingerprint density at radius 2 is 1.86 bits per heavy atom. The van der Waals surface area contributed by atoms with Crippen LogP contribution in [0.4, 0.5) is 11.4 Å². The van der Waals surface area contributed by atoms with E-state index in [-0.39, 0.29) is 12.6 Å². The van der Waals surface area contributed by atoms with Gasteiger partial charge in [0.25, 0.3) is 0 Å². The fraction of sp³-hybridized carbons (Fsp3) is 0.286. The first-order valence-electron chi connectivity index (χ1n) is 9.28. The van der Waals surface area contributed by atoms with Crippen LogP contribution in [-0.2, 0) is 9.59 Å². The van der Waals surface area contributed by atoms with E-state index in [1.54, 1.807) is 23.5 Å². The second-order valence-corrected chi connectivity index (χ2v) is 7.99. The Balaban J connectivity index is 1.65. The van der Waals surface area contributed by atoms with E-state index in [9.17, 15) is 9.59 Å². The van der Waals surface area contributed by atoms with Gasteiger partial charge in [0.15, 0.2) is 0 Å². The normalized spacial score (nSPS) is 11.7. The van der Waals surface area contributed by atoms with Gasteiger partial charge >= 0.3 is 11.8 Å². The minimum absolute atomic E-state index is 0.167. The van der Waals surface area contributed by atoms with Crippen LogP contribution in [-0.4, -0.2) is 42.2 Å². The third-order valence-corrected chi connectivity index (χ3v) is 5.49. The molecule has 7 nitrogen and oxygen atoms in total. The number of benzene rings is 1. The minimum atomic E-state index is -0.694. The van der Waals surface area contributed by atoms with Crippen molar-refractivity contribution in [1.82, 2.24) is 15.1 Å². The van der Waals surface area contributed by atoms with Crippen LogP contribution in [0.2, 0.25) is 0 Å². The molecule has 0 fully saturated rings. The number of thiophene rings is 1. The molecule has 2 amide bonds. The molecular weight excluding hydrogens is 386 g/mol. The number of aryl methyl sites for hydroxylation is 2. The van der Waals surface area contributed by atoms with Crippen molar-refractivity contribution in [1.29, 1.82) is 0 Å². The summed E-state index contributed by atoms with van der Waals surface area (Å²) in [4.78, 5) is 27.7. The molecule has 0 spiro atoms. The molecule has 0 aliphatic carbocycles. The van der Waals surface area contributed by atoms with E-state index in [2.05, 4.69) is 15.7 Å². The number of hydrogen-bond acceptors (Lipinski definition) is 5. The number of carbonyl (C=O) groups is 2. The van der Waals surface area contributed by atoms with Crippen LogP contribution in [0.15, 0.2) is 47.8 Å². The van der Waals surface area contributed by atoms with Crippen molar-refractivity contribution in [3.63, 3.8) is 0 Å². The highest BCUT2D eigenvalue weighted by Gasteiger charge is 2.21. The number of anilines is 2. The zero-order chi connectivity index (χ0) is 21.0. The van der Waals surface area contributed by atoms with E-state index >= 15 is 0 Å². The first-order valence-corrected chi connectivity index (χ1v) is 10.2. The number of rotatable bonds is 6. The smallest absolute Gasteiger partial charge is 0.313 e. The van der Waals surface area contributed by atoms with Crippen LogP contribution in [0.1, 0.15) is 22.3 Å². The lowest BCUT2D eigenvalue weighted by Gasteiger charge is -2.19. The third kappa shape index (κ3) is 5.03. The molecule has 8 heteroatoms. The molecule has 2 heterocycles. The summed E-state index contributed by atoms with van der Waals surface area (Å²) in [6.07, 6.45) is 0. The maximum absolute atomic E-state index is 12.4. The predicted molar refractivity (Wildman–Crippen MR) is 117 cm³/mol. The molecule has 3 rings (SSSR count). The fourth-order valence-corrected chi connectivity index (χ4v) is 3.86. The summed E-state index contributed by atoms with van der Waals surface area (Å²) in [6, 6.07) is 13.1. The molecular formula is C21H25N5O2S. The van der Waals surface area contributed by atoms with Gasteiger partial charge in [0, 0.05) is 42.6 Å². The monoisotopic (exact) mass is 411 g/mol. The van der Waals surface area contributed by atoms with Crippen LogP contribution in [0.25, 0.3) is 0 Å². The van der Waals surface area contributed by atoms with Gasteiger partial charge in [0.1, 0.15) is 6.04 Å². The molecule has 152 valence electrons. The van der Waals surface area contributed by atoms with E-state index in [0.29, 0.717) is 5.69 Å². The average Bonchev–Trinajstić information content (AvgIpc) is 3.32. The molecule has 0 aliphatic rings. The first kappa shape index (κ1) is 20.6. The van der Waals surface area contributed by atoms with E-state index in [4.69, 9.17) is 0 Å². The zero-order valence-electron chi connectivity index (χ0n) is 17.0. The van der Waals surface area contributed by atoms with Crippen molar-refractivity contribution in [3.8, 4) is 0 Å². The highest BCUT2D eigenvalue weighted by atomic mass is 32.1. The Bertz CT molecular complexity index is 977. The average molecular weight is 412 g/mol. The van der Waals surface area contributed by atoms with Crippen LogP contribution in [0.3, 0.4) is 0 Å². The summed E-state index contributed by atoms with van der Waals surface area (Å²) in [5, 5.41) is 11.9. The van der Waals surface area contributed by atoms with Gasteiger partial charge in [0.2, 0.25) is 0 Å². The standard InChI is InChI=1S/C21H25N5O2S/c1-14-12-15(2)26(24-14)18(19-6-5-11-29-19)13-22-20(27)21(28)23-16-7-9-17(10-8-16)25(3)4/h5-12,18H,13H2,1-4H3,(H,22,27)(H,23,28). The molecule has 1 atom stereocenters. The highest BCUT2D eigenvalue weighted by Crippen LogP contribution is 2.24. The number of nitrogens with zero attached hydrogens (tertiary/aromatic N) is 3. The third-order valence-electron chi connectivity index (χ3n) is 4.52. The highest BCUT2D eigenvalue weighted by molar-refractivity contribution is 7.10. The van der Waals surface area contributed by atoms with Gasteiger partial charge < -0.3 is 15.5 Å². The molecule has 1 aromatic carbocycles. The maximum atomic E-state index is 12.4. The minimum Gasteiger partial charge on any atom is -0.378 e. The van der Waals surface area contributed by atoms with E-state index in [1.165, 1.54) is 0 Å². The van der Waals surface area contributed by atoms with Crippen molar-refractivity contribution >= 4 is 34.5 Å². The van der Waals surface area contributed by atoms with Crippen LogP contribution >= 0.6 is 11.3 Å². The molecule has 0 radical (unpaired) electrons. The van der Waals surface area contributed by atoms with Gasteiger partial charge in [-0.2, -0.15) is 5.10 Å². The SMILES string of the molecule is Cc1cc(C)n(C(CNC(=O)C(=O)Nc2ccc(N(C)C)cc2)c2cccs2)n1. The van der Waals surface area contributed by atoms with Crippen molar-refractivity contribution in [2.75, 3.05) is 30.9 Å². The second-order valence-electron chi connectivity index (χ2n) is 7.01. The number of amides is 2. The number of aromatic nitrogens is 2. The quantitative estimate of drug-likeness (QED) is 0.611. The van der Waals surface area contributed by atoms with Crippen molar-refractivity contribution < 1.29 is 9.59 Å². The lowest BCUT2D eigenvalue weighted by Crippen LogP contribution is -2.39. The lowest BCUT2D eigenvalue weighted by atomic mass is 10.2. The first-order chi connectivity index (χ1) is 13.8. The van der Waals surface area contributed by atoms with Crippen molar-refractivity contribution in [3.05, 3.63) is 64.1 Å². The van der Waals surface area contributed by atoms with Gasteiger partial charge in [0.05, 0.1) is 5.69 Å². The summed E-state index contributed by atoms with van der Waals surface area (Å²) < 4.78 is 1.89. The molecule has 1 unspecified atom stereocenters. The van der Waals surface area contributed by atoms with Crippen molar-refractivity contribution in [2.24, 2.45) is 0 Å². The molecule has 2 N–H and O–H groups in total. The van der Waals surface area contributed by atoms with Crippen LogP contribution < -0.4 is 15.5 Å². The molecule has 0 saturated carbocycles. The molecule has 0 aliphatic heterocycles. The van der Waals surface area contributed by atoms with Gasteiger partial charge in [-0.1, -0.05) is 6.07 Å². The van der Waals surface area contributed by atoms with Crippen LogP contribution in [0, 0.1) is 13.8 Å². The summed E-state index contributed by atoms with van der Waals surface area (Å²) in [5.41, 5.74) is 3.50. The predicted octanol–water partition coefficient (Wildman–Crippen LogP) is 2.97. The largest absolute Gasteiger partial charge is 0.378 e. The van der Waals surface area contributed by atoms with Crippen LogP contribution in [0.5, 0.6) is 0 Å². The van der Waals surface area contributed by atoms with Gasteiger partial charge in [-0.05, 0) is 55.6 Å². The summed E-state index contributed by atoms with van der Waals surface area (Å²) in [6.45, 7) is 4.18. The molecule has 0 saturated heterocycles.